The minimum absolute atomic E-state index is 0.267. The number of hydrogen-bond acceptors (Lipinski definition) is 3. The van der Waals surface area contributed by atoms with Crippen molar-refractivity contribution in [3.05, 3.63) is 35.4 Å². The summed E-state index contributed by atoms with van der Waals surface area (Å²) in [5.41, 5.74) is 0.535. The van der Waals surface area contributed by atoms with Crippen LogP contribution in [-0.4, -0.2) is 34.3 Å². The number of carbonyl (C=O) groups is 3. The van der Waals surface area contributed by atoms with Crippen LogP contribution in [0.2, 0.25) is 0 Å². The Kier molecular flexibility index (Phi) is 2.00. The van der Waals surface area contributed by atoms with Gasteiger partial charge in [0.2, 0.25) is 0 Å². The molecule has 0 saturated heterocycles. The molecule has 0 bridgehead atoms. The Morgan fingerprint density at radius 2 is 1.60 bits per heavy atom. The lowest BCUT2D eigenvalue weighted by atomic mass is 10.1. The Balaban J connectivity index is 2.41. The highest BCUT2D eigenvalue weighted by Crippen LogP contribution is 2.21. The van der Waals surface area contributed by atoms with Crippen molar-refractivity contribution in [3.8, 4) is 0 Å². The third-order valence-corrected chi connectivity index (χ3v) is 2.17. The second-order valence-corrected chi connectivity index (χ2v) is 3.14. The zero-order chi connectivity index (χ0) is 11.0. The van der Waals surface area contributed by atoms with Crippen molar-refractivity contribution in [2.24, 2.45) is 0 Å². The molecule has 0 saturated carbocycles. The SMILES string of the molecule is O=C(O)[13CH2][15N]1C(=O)c2ccccc2C1=O. The van der Waals surface area contributed by atoms with Crippen molar-refractivity contribution < 1.29 is 19.5 Å². The Bertz CT molecular complexity index is 431. The van der Waals surface area contributed by atoms with Gasteiger partial charge in [0.1, 0.15) is 6.54 Å². The smallest absolute Gasteiger partial charge is 0.323 e. The normalized spacial score (nSPS) is 14.3. The Labute approximate surface area is 84.9 Å². The molecule has 2 rings (SSSR count). The van der Waals surface area contributed by atoms with E-state index in [1.54, 1.807) is 12.1 Å². The number of benzene rings is 1. The van der Waals surface area contributed by atoms with Crippen molar-refractivity contribution in [3.63, 3.8) is 0 Å². The standard InChI is InChI=1S/C10H7NO4/c12-8(13)5-11-9(14)6-3-1-2-4-7(6)10(11)15/h1-4H,5H2,(H,12,13)/i5+1,11+1. The summed E-state index contributed by atoms with van der Waals surface area (Å²) in [5, 5.41) is 8.54. The molecule has 0 unspecified atom stereocenters. The van der Waals surface area contributed by atoms with E-state index in [2.05, 4.69) is 0 Å². The summed E-state index contributed by atoms with van der Waals surface area (Å²) < 4.78 is 0. The van der Waals surface area contributed by atoms with Crippen LogP contribution in [0.5, 0.6) is 0 Å². The molecule has 1 aromatic carbocycles. The van der Waals surface area contributed by atoms with Crippen LogP contribution in [0.3, 0.4) is 0 Å². The predicted molar refractivity (Wildman–Crippen MR) is 49.4 cm³/mol. The van der Waals surface area contributed by atoms with Crippen LogP contribution in [0.25, 0.3) is 0 Å². The van der Waals surface area contributed by atoms with E-state index in [0.717, 1.165) is 4.90 Å². The molecule has 0 fully saturated rings. The van der Waals surface area contributed by atoms with Crippen molar-refractivity contribution in [2.75, 3.05) is 6.54 Å². The van der Waals surface area contributed by atoms with Gasteiger partial charge in [0.15, 0.2) is 0 Å². The largest absolute Gasteiger partial charge is 0.480 e. The molecule has 1 aliphatic heterocycles. The summed E-state index contributed by atoms with van der Waals surface area (Å²) in [7, 11) is 0. The first kappa shape index (κ1) is 9.39. The molecule has 15 heavy (non-hydrogen) atoms. The van der Waals surface area contributed by atoms with Gasteiger partial charge >= 0.3 is 5.97 Å². The van der Waals surface area contributed by atoms with Crippen LogP contribution in [0, 0.1) is 0 Å². The molecule has 1 aliphatic rings. The summed E-state index contributed by atoms with van der Waals surface area (Å²) in [5.74, 6) is -2.29. The highest BCUT2D eigenvalue weighted by Gasteiger charge is 2.35. The molecule has 0 spiro atoms. The van der Waals surface area contributed by atoms with Gasteiger partial charge in [0, 0.05) is 0 Å². The maximum atomic E-state index is 11.6. The fraction of sp³-hybridized carbons (Fsp3) is 0.100. The molecule has 1 N–H and O–H groups in total. The molecule has 5 heteroatoms. The fourth-order valence-electron chi connectivity index (χ4n) is 1.52. The maximum Gasteiger partial charge on any atom is 0.323 e. The lowest BCUT2D eigenvalue weighted by Gasteiger charge is -2.09. The van der Waals surface area contributed by atoms with Crippen molar-refractivity contribution in [1.29, 1.82) is 0 Å². The Morgan fingerprint density at radius 3 is 2.00 bits per heavy atom. The molecule has 76 valence electrons. The molecular weight excluding hydrogens is 200 g/mol. The summed E-state index contributed by atoms with van der Waals surface area (Å²) >= 11 is 0. The number of rotatable bonds is 2. The van der Waals surface area contributed by atoms with Gasteiger partial charge < -0.3 is 5.11 Å². The minimum atomic E-state index is -1.20. The average Bonchev–Trinajstić information content (AvgIpc) is 2.44. The summed E-state index contributed by atoms with van der Waals surface area (Å²) in [6.07, 6.45) is 0. The Morgan fingerprint density at radius 1 is 1.13 bits per heavy atom. The highest BCUT2D eigenvalue weighted by atomic mass is 16.4. The third kappa shape index (κ3) is 1.38. The van der Waals surface area contributed by atoms with E-state index in [-0.39, 0.29) is 11.1 Å². The van der Waals surface area contributed by atoms with E-state index < -0.39 is 24.3 Å². The number of aliphatic carboxylic acids is 1. The number of amides is 2. The Hall–Kier alpha value is -2.17. The van der Waals surface area contributed by atoms with Crippen molar-refractivity contribution in [2.45, 2.75) is 0 Å². The zero-order valence-electron chi connectivity index (χ0n) is 7.64. The summed E-state index contributed by atoms with van der Waals surface area (Å²) in [4.78, 5) is 34.3. The third-order valence-electron chi connectivity index (χ3n) is 2.17. The maximum absolute atomic E-state index is 11.6. The molecule has 5 nitrogen and oxygen atoms in total. The van der Waals surface area contributed by atoms with E-state index in [9.17, 15) is 14.4 Å². The first-order chi connectivity index (χ1) is 7.11. The number of imide groups is 1. The van der Waals surface area contributed by atoms with Crippen LogP contribution in [0.4, 0.5) is 0 Å². The second-order valence-electron chi connectivity index (χ2n) is 3.14. The highest BCUT2D eigenvalue weighted by molar-refractivity contribution is 6.22. The van der Waals surface area contributed by atoms with E-state index >= 15 is 0 Å². The first-order valence-corrected chi connectivity index (χ1v) is 4.28. The molecule has 1 aromatic rings. The van der Waals surface area contributed by atoms with Gasteiger partial charge in [-0.1, -0.05) is 12.1 Å². The van der Waals surface area contributed by atoms with Gasteiger partial charge in [-0.25, -0.2) is 0 Å². The molecule has 0 aromatic heterocycles. The monoisotopic (exact) mass is 207 g/mol. The molecule has 0 atom stereocenters. The lowest BCUT2D eigenvalue weighted by molar-refractivity contribution is -0.137. The van der Waals surface area contributed by atoms with Gasteiger partial charge in [-0.2, -0.15) is 0 Å². The van der Waals surface area contributed by atoms with Gasteiger partial charge in [-0.15, -0.1) is 0 Å². The minimum Gasteiger partial charge on any atom is -0.480 e. The number of hydrogen-bond donors (Lipinski definition) is 1. The predicted octanol–water partition coefficient (Wildman–Crippen LogP) is 0.367. The van der Waals surface area contributed by atoms with E-state index in [1.165, 1.54) is 12.1 Å². The number of carbonyl (C=O) groups excluding carboxylic acids is 2. The van der Waals surface area contributed by atoms with Gasteiger partial charge in [0.05, 0.1) is 11.1 Å². The number of carboxylic acids is 1. The zero-order valence-corrected chi connectivity index (χ0v) is 7.64. The lowest BCUT2D eigenvalue weighted by Crippen LogP contribution is -2.34. The van der Waals surface area contributed by atoms with Gasteiger partial charge in [0.25, 0.3) is 11.8 Å². The molecule has 2 amide bonds. The van der Waals surface area contributed by atoms with Crippen LogP contribution < -0.4 is 0 Å². The van der Waals surface area contributed by atoms with E-state index in [4.69, 9.17) is 5.11 Å². The fourth-order valence-corrected chi connectivity index (χ4v) is 1.52. The van der Waals surface area contributed by atoms with E-state index in [0.29, 0.717) is 0 Å². The van der Waals surface area contributed by atoms with Crippen LogP contribution in [0.15, 0.2) is 24.3 Å². The molecule has 1 heterocycles. The van der Waals surface area contributed by atoms with Crippen molar-refractivity contribution in [1.82, 2.24) is 4.90 Å². The van der Waals surface area contributed by atoms with Gasteiger partial charge in [-0.3, -0.25) is 19.3 Å². The van der Waals surface area contributed by atoms with E-state index in [1.807, 2.05) is 0 Å². The quantitative estimate of drug-likeness (QED) is 0.432. The van der Waals surface area contributed by atoms with Gasteiger partial charge in [-0.05, 0) is 12.1 Å². The average molecular weight is 207 g/mol. The van der Waals surface area contributed by atoms with Crippen LogP contribution >= 0.6 is 0 Å². The molecular formula is C10H7NO4. The molecule has 0 aliphatic carbocycles. The summed E-state index contributed by atoms with van der Waals surface area (Å²) in [6.45, 7) is -0.591. The van der Waals surface area contributed by atoms with Crippen molar-refractivity contribution >= 4 is 17.8 Å². The summed E-state index contributed by atoms with van der Waals surface area (Å²) in [6, 6.07) is 6.29. The second kappa shape index (κ2) is 3.20. The van der Waals surface area contributed by atoms with Crippen LogP contribution in [0.1, 0.15) is 20.7 Å². The molecule has 0 radical (unpaired) electrons. The first-order valence-electron chi connectivity index (χ1n) is 4.28. The van der Waals surface area contributed by atoms with Crippen LogP contribution in [-0.2, 0) is 4.79 Å². The number of fused-ring (bicyclic) bond motifs is 1. The number of nitrogens with zero attached hydrogens (tertiary/aromatic N) is 1. The topological polar surface area (TPSA) is 74.7 Å². The number of carboxylic acid groups (broad SMARTS) is 1.